The predicted octanol–water partition coefficient (Wildman–Crippen LogP) is 3.52. The molecule has 0 saturated heterocycles. The minimum Gasteiger partial charge on any atom is -0.398 e. The van der Waals surface area contributed by atoms with Gasteiger partial charge in [0.05, 0.1) is 21.4 Å². The fourth-order valence-corrected chi connectivity index (χ4v) is 3.26. The van der Waals surface area contributed by atoms with Crippen LogP contribution < -0.4 is 10.5 Å². The molecule has 0 spiro atoms. The summed E-state index contributed by atoms with van der Waals surface area (Å²) >= 11 is 11.5. The Kier molecular flexibility index (Phi) is 4.08. The number of hydrogen-bond donors (Lipinski definition) is 2. The lowest BCUT2D eigenvalue weighted by molar-refractivity contribution is 0.600. The molecule has 2 aromatic rings. The number of benzene rings is 2. The smallest absolute Gasteiger partial charge is 0.263 e. The largest absolute Gasteiger partial charge is 0.398 e. The van der Waals surface area contributed by atoms with Crippen molar-refractivity contribution in [3.8, 4) is 0 Å². The summed E-state index contributed by atoms with van der Waals surface area (Å²) in [4.78, 5) is -0.228. The zero-order valence-corrected chi connectivity index (χ0v) is 12.2. The van der Waals surface area contributed by atoms with Gasteiger partial charge in [0, 0.05) is 0 Å². The summed E-state index contributed by atoms with van der Waals surface area (Å²) in [7, 11) is -3.94. The van der Waals surface area contributed by atoms with Gasteiger partial charge >= 0.3 is 0 Å². The van der Waals surface area contributed by atoms with Crippen LogP contribution in [0.15, 0.2) is 41.3 Å². The van der Waals surface area contributed by atoms with Crippen LogP contribution in [-0.2, 0) is 10.0 Å². The quantitative estimate of drug-likeness (QED) is 0.843. The first-order valence-electron chi connectivity index (χ1n) is 5.32. The van der Waals surface area contributed by atoms with Crippen LogP contribution in [0.1, 0.15) is 0 Å². The van der Waals surface area contributed by atoms with Gasteiger partial charge in [-0.15, -0.1) is 0 Å². The maximum absolute atomic E-state index is 12.9. The highest BCUT2D eigenvalue weighted by Gasteiger charge is 2.18. The van der Waals surface area contributed by atoms with Crippen molar-refractivity contribution in [3.63, 3.8) is 0 Å². The Balaban J connectivity index is 2.38. The van der Waals surface area contributed by atoms with Crippen molar-refractivity contribution in [1.82, 2.24) is 0 Å². The lowest BCUT2D eigenvalue weighted by atomic mass is 10.3. The Labute approximate surface area is 125 Å². The molecule has 0 aliphatic heterocycles. The molecule has 0 aliphatic rings. The van der Waals surface area contributed by atoms with E-state index < -0.39 is 15.8 Å². The lowest BCUT2D eigenvalue weighted by Crippen LogP contribution is -2.13. The van der Waals surface area contributed by atoms with Gasteiger partial charge in [-0.25, -0.2) is 12.8 Å². The Morgan fingerprint density at radius 2 is 1.75 bits per heavy atom. The summed E-state index contributed by atoms with van der Waals surface area (Å²) in [5.74, 6) is -0.621. The van der Waals surface area contributed by atoms with Crippen molar-refractivity contribution in [1.29, 1.82) is 0 Å². The Bertz CT molecular complexity index is 766. The van der Waals surface area contributed by atoms with Gasteiger partial charge in [-0.3, -0.25) is 4.72 Å². The van der Waals surface area contributed by atoms with E-state index in [1.54, 1.807) is 0 Å². The Morgan fingerprint density at radius 1 is 1.05 bits per heavy atom. The van der Waals surface area contributed by atoms with Gasteiger partial charge in [-0.1, -0.05) is 23.2 Å². The lowest BCUT2D eigenvalue weighted by Gasteiger charge is -2.10. The van der Waals surface area contributed by atoms with Crippen LogP contribution in [0.5, 0.6) is 0 Å². The van der Waals surface area contributed by atoms with Crippen molar-refractivity contribution in [2.75, 3.05) is 10.5 Å². The number of anilines is 2. The normalized spacial score (nSPS) is 11.3. The van der Waals surface area contributed by atoms with E-state index in [4.69, 9.17) is 28.9 Å². The molecule has 0 aliphatic carbocycles. The molecule has 0 unspecified atom stereocenters. The molecule has 0 radical (unpaired) electrons. The number of hydrogen-bond acceptors (Lipinski definition) is 3. The molecule has 0 fully saturated rings. The van der Waals surface area contributed by atoms with E-state index in [1.165, 1.54) is 18.2 Å². The molecule has 4 nitrogen and oxygen atoms in total. The van der Waals surface area contributed by atoms with Crippen LogP contribution in [0.2, 0.25) is 10.0 Å². The second kappa shape index (κ2) is 5.47. The van der Waals surface area contributed by atoms with Crippen LogP contribution in [0, 0.1) is 5.82 Å². The molecule has 3 N–H and O–H groups in total. The molecule has 0 heterocycles. The molecule has 20 heavy (non-hydrogen) atoms. The first-order valence-corrected chi connectivity index (χ1v) is 7.56. The minimum atomic E-state index is -3.94. The van der Waals surface area contributed by atoms with Crippen LogP contribution in [0.25, 0.3) is 0 Å². The molecule has 8 heteroatoms. The summed E-state index contributed by atoms with van der Waals surface area (Å²) in [6.45, 7) is 0. The third-order valence-corrected chi connectivity index (χ3v) is 4.63. The third-order valence-electron chi connectivity index (χ3n) is 2.44. The molecule has 106 valence electrons. The Morgan fingerprint density at radius 3 is 2.35 bits per heavy atom. The van der Waals surface area contributed by atoms with Gasteiger partial charge < -0.3 is 5.73 Å². The molecule has 0 amide bonds. The van der Waals surface area contributed by atoms with E-state index in [1.807, 2.05) is 0 Å². The molecule has 0 saturated carbocycles. The fraction of sp³-hybridized carbons (Fsp3) is 0. The first kappa shape index (κ1) is 14.9. The zero-order chi connectivity index (χ0) is 14.9. The van der Waals surface area contributed by atoms with Crippen LogP contribution in [0.3, 0.4) is 0 Å². The molecule has 2 rings (SSSR count). The number of rotatable bonds is 3. The Hall–Kier alpha value is -1.50. The van der Waals surface area contributed by atoms with Crippen LogP contribution in [-0.4, -0.2) is 8.42 Å². The average Bonchev–Trinajstić information content (AvgIpc) is 2.33. The zero-order valence-electron chi connectivity index (χ0n) is 9.90. The standard InChI is InChI=1S/C12H9Cl2FN2O2S/c13-9-6-8(2-3-11(9)16)17-20(18,19)12-4-1-7(15)5-10(12)14/h1-6,17H,16H2. The van der Waals surface area contributed by atoms with Crippen molar-refractivity contribution < 1.29 is 12.8 Å². The van der Waals surface area contributed by atoms with E-state index >= 15 is 0 Å². The average molecular weight is 335 g/mol. The van der Waals surface area contributed by atoms with E-state index in [9.17, 15) is 12.8 Å². The highest BCUT2D eigenvalue weighted by Crippen LogP contribution is 2.27. The highest BCUT2D eigenvalue weighted by molar-refractivity contribution is 7.92. The summed E-state index contributed by atoms with van der Waals surface area (Å²) in [6, 6.07) is 7.30. The topological polar surface area (TPSA) is 72.2 Å². The second-order valence-electron chi connectivity index (χ2n) is 3.92. The number of sulfonamides is 1. The predicted molar refractivity (Wildman–Crippen MR) is 78.1 cm³/mol. The van der Waals surface area contributed by atoms with Gasteiger partial charge in [0.1, 0.15) is 10.7 Å². The minimum absolute atomic E-state index is 0.209. The van der Waals surface area contributed by atoms with E-state index in [0.29, 0.717) is 5.69 Å². The number of nitrogen functional groups attached to an aromatic ring is 1. The summed E-state index contributed by atoms with van der Waals surface area (Å²) < 4.78 is 39.5. The van der Waals surface area contributed by atoms with Crippen molar-refractivity contribution >= 4 is 44.6 Å². The van der Waals surface area contributed by atoms with E-state index in [-0.39, 0.29) is 20.6 Å². The van der Waals surface area contributed by atoms with Crippen LogP contribution in [0.4, 0.5) is 15.8 Å². The number of nitrogens with one attached hydrogen (secondary N) is 1. The van der Waals surface area contributed by atoms with Crippen LogP contribution >= 0.6 is 23.2 Å². The van der Waals surface area contributed by atoms with Gasteiger partial charge in [0.15, 0.2) is 0 Å². The number of halogens is 3. The summed E-state index contributed by atoms with van der Waals surface area (Å²) in [5, 5.41) is 0.00875. The van der Waals surface area contributed by atoms with Gasteiger partial charge in [0.25, 0.3) is 10.0 Å². The maximum atomic E-state index is 12.9. The molecule has 0 atom stereocenters. The van der Waals surface area contributed by atoms with E-state index in [2.05, 4.69) is 4.72 Å². The van der Waals surface area contributed by atoms with E-state index in [0.717, 1.165) is 18.2 Å². The SMILES string of the molecule is Nc1ccc(NS(=O)(=O)c2ccc(F)cc2Cl)cc1Cl. The fourth-order valence-electron chi connectivity index (χ4n) is 1.49. The molecule has 2 aromatic carbocycles. The molecular weight excluding hydrogens is 326 g/mol. The molecular formula is C12H9Cl2FN2O2S. The van der Waals surface area contributed by atoms with Crippen molar-refractivity contribution in [2.45, 2.75) is 4.90 Å². The molecule has 0 bridgehead atoms. The first-order chi connectivity index (χ1) is 9.29. The van der Waals surface area contributed by atoms with Gasteiger partial charge in [0.2, 0.25) is 0 Å². The summed E-state index contributed by atoms with van der Waals surface area (Å²) in [5.41, 5.74) is 6.09. The van der Waals surface area contributed by atoms with Crippen molar-refractivity contribution in [2.24, 2.45) is 0 Å². The summed E-state index contributed by atoms with van der Waals surface area (Å²) in [6.07, 6.45) is 0. The van der Waals surface area contributed by atoms with Gasteiger partial charge in [-0.2, -0.15) is 0 Å². The van der Waals surface area contributed by atoms with Gasteiger partial charge in [-0.05, 0) is 36.4 Å². The third kappa shape index (κ3) is 3.15. The monoisotopic (exact) mass is 334 g/mol. The number of nitrogens with two attached hydrogens (primary N) is 1. The second-order valence-corrected chi connectivity index (χ2v) is 6.38. The van der Waals surface area contributed by atoms with Crippen molar-refractivity contribution in [3.05, 3.63) is 52.3 Å². The highest BCUT2D eigenvalue weighted by atomic mass is 35.5. The molecule has 0 aromatic heterocycles. The maximum Gasteiger partial charge on any atom is 0.263 e.